The van der Waals surface area contributed by atoms with E-state index in [1.807, 2.05) is 0 Å². The number of nitrogens with one attached hydrogen (secondary N) is 1. The molecule has 0 aliphatic heterocycles. The van der Waals surface area contributed by atoms with Crippen LogP contribution >= 0.6 is 24.4 Å². The SMILES string of the molecule is C#CCSCCNC(=O)CCS. The summed E-state index contributed by atoms with van der Waals surface area (Å²) in [5.41, 5.74) is 0. The van der Waals surface area contributed by atoms with Gasteiger partial charge in [0, 0.05) is 18.7 Å². The van der Waals surface area contributed by atoms with Gasteiger partial charge in [0.25, 0.3) is 0 Å². The van der Waals surface area contributed by atoms with Gasteiger partial charge in [0.1, 0.15) is 0 Å². The Balaban J connectivity index is 3.09. The fraction of sp³-hybridized carbons (Fsp3) is 0.625. The van der Waals surface area contributed by atoms with Gasteiger partial charge in [0.05, 0.1) is 5.75 Å². The predicted molar refractivity (Wildman–Crippen MR) is 57.6 cm³/mol. The van der Waals surface area contributed by atoms with Crippen LogP contribution in [0, 0.1) is 12.3 Å². The molecule has 0 bridgehead atoms. The number of carbonyl (C=O) groups excluding carboxylic acids is 1. The van der Waals surface area contributed by atoms with E-state index in [0.717, 1.165) is 5.75 Å². The second-order valence-electron chi connectivity index (χ2n) is 2.08. The first kappa shape index (κ1) is 11.7. The average Bonchev–Trinajstić information content (AvgIpc) is 2.05. The van der Waals surface area contributed by atoms with Gasteiger partial charge in [0.15, 0.2) is 0 Å². The number of carbonyl (C=O) groups is 1. The fourth-order valence-electron chi connectivity index (χ4n) is 0.584. The lowest BCUT2D eigenvalue weighted by molar-refractivity contribution is -0.120. The molecular formula is C8H13NOS2. The quantitative estimate of drug-likeness (QED) is 0.380. The zero-order valence-electron chi connectivity index (χ0n) is 6.88. The van der Waals surface area contributed by atoms with Crippen LogP contribution in [0.4, 0.5) is 0 Å². The fourth-order valence-corrected chi connectivity index (χ4v) is 1.30. The van der Waals surface area contributed by atoms with Crippen molar-refractivity contribution >= 4 is 30.3 Å². The molecule has 4 heteroatoms. The van der Waals surface area contributed by atoms with E-state index in [1.165, 1.54) is 0 Å². The highest BCUT2D eigenvalue weighted by Gasteiger charge is 1.96. The van der Waals surface area contributed by atoms with E-state index < -0.39 is 0 Å². The predicted octanol–water partition coefficient (Wildman–Crippen LogP) is 0.789. The van der Waals surface area contributed by atoms with Crippen molar-refractivity contribution in [2.45, 2.75) is 6.42 Å². The molecule has 0 aromatic rings. The van der Waals surface area contributed by atoms with Crippen molar-refractivity contribution in [3.63, 3.8) is 0 Å². The molecule has 0 radical (unpaired) electrons. The highest BCUT2D eigenvalue weighted by atomic mass is 32.2. The topological polar surface area (TPSA) is 29.1 Å². The minimum absolute atomic E-state index is 0.0614. The summed E-state index contributed by atoms with van der Waals surface area (Å²) in [6.07, 6.45) is 5.54. The van der Waals surface area contributed by atoms with Crippen LogP contribution < -0.4 is 5.32 Å². The van der Waals surface area contributed by atoms with E-state index in [0.29, 0.717) is 24.5 Å². The normalized spacial score (nSPS) is 9.00. The smallest absolute Gasteiger partial charge is 0.220 e. The largest absolute Gasteiger partial charge is 0.355 e. The number of hydrogen-bond acceptors (Lipinski definition) is 3. The highest BCUT2D eigenvalue weighted by molar-refractivity contribution is 7.99. The molecule has 0 spiro atoms. The van der Waals surface area contributed by atoms with Gasteiger partial charge in [0.2, 0.25) is 5.91 Å². The van der Waals surface area contributed by atoms with Crippen LogP contribution in [0.1, 0.15) is 6.42 Å². The molecule has 0 saturated carbocycles. The van der Waals surface area contributed by atoms with Crippen LogP contribution in [0.5, 0.6) is 0 Å². The van der Waals surface area contributed by atoms with Gasteiger partial charge in [-0.15, -0.1) is 18.2 Å². The zero-order chi connectivity index (χ0) is 9.23. The number of terminal acetylenes is 1. The van der Waals surface area contributed by atoms with Gasteiger partial charge in [-0.25, -0.2) is 0 Å². The molecule has 1 amide bonds. The zero-order valence-corrected chi connectivity index (χ0v) is 8.59. The van der Waals surface area contributed by atoms with Crippen LogP contribution in [0.15, 0.2) is 0 Å². The molecule has 2 nitrogen and oxygen atoms in total. The molecule has 0 aliphatic rings. The molecule has 0 saturated heterocycles. The van der Waals surface area contributed by atoms with Gasteiger partial charge in [-0.3, -0.25) is 4.79 Å². The van der Waals surface area contributed by atoms with Crippen LogP contribution in [0.25, 0.3) is 0 Å². The third-order valence-electron chi connectivity index (χ3n) is 1.09. The number of thioether (sulfide) groups is 1. The van der Waals surface area contributed by atoms with Crippen molar-refractivity contribution < 1.29 is 4.79 Å². The highest BCUT2D eigenvalue weighted by Crippen LogP contribution is 1.95. The molecule has 0 fully saturated rings. The number of rotatable bonds is 6. The van der Waals surface area contributed by atoms with Gasteiger partial charge in [-0.1, -0.05) is 5.92 Å². The van der Waals surface area contributed by atoms with Crippen molar-refractivity contribution in [2.75, 3.05) is 23.8 Å². The van der Waals surface area contributed by atoms with E-state index >= 15 is 0 Å². The maximum absolute atomic E-state index is 10.9. The van der Waals surface area contributed by atoms with E-state index in [2.05, 4.69) is 23.9 Å². The summed E-state index contributed by atoms with van der Waals surface area (Å²) in [7, 11) is 0. The molecule has 12 heavy (non-hydrogen) atoms. The summed E-state index contributed by atoms with van der Waals surface area (Å²) in [5, 5.41) is 2.77. The Labute approximate surface area is 83.3 Å². The van der Waals surface area contributed by atoms with Gasteiger partial charge in [-0.2, -0.15) is 12.6 Å². The summed E-state index contributed by atoms with van der Waals surface area (Å²) in [5.74, 6) is 4.77. The average molecular weight is 203 g/mol. The third-order valence-corrected chi connectivity index (χ3v) is 2.18. The lowest BCUT2D eigenvalue weighted by Gasteiger charge is -2.01. The molecular weight excluding hydrogens is 190 g/mol. The minimum atomic E-state index is 0.0614. The third kappa shape index (κ3) is 7.83. The Morgan fingerprint density at radius 1 is 1.67 bits per heavy atom. The molecule has 0 aromatic heterocycles. The first-order chi connectivity index (χ1) is 5.81. The standard InChI is InChI=1S/C8H13NOS2/c1-2-6-12-7-4-9-8(10)3-5-11/h1,11H,3-7H2,(H,9,10). The first-order valence-electron chi connectivity index (χ1n) is 3.70. The summed E-state index contributed by atoms with van der Waals surface area (Å²) in [4.78, 5) is 10.9. The second kappa shape index (κ2) is 8.82. The molecule has 68 valence electrons. The van der Waals surface area contributed by atoms with Crippen LogP contribution in [0.3, 0.4) is 0 Å². The van der Waals surface area contributed by atoms with Crippen molar-refractivity contribution in [2.24, 2.45) is 0 Å². The Kier molecular flexibility index (Phi) is 8.62. The summed E-state index contributed by atoms with van der Waals surface area (Å²) >= 11 is 5.59. The van der Waals surface area contributed by atoms with E-state index in [1.54, 1.807) is 11.8 Å². The maximum atomic E-state index is 10.9. The molecule has 0 unspecified atom stereocenters. The minimum Gasteiger partial charge on any atom is -0.355 e. The van der Waals surface area contributed by atoms with Crippen LogP contribution in [-0.2, 0) is 4.79 Å². The van der Waals surface area contributed by atoms with Crippen LogP contribution in [0.2, 0.25) is 0 Å². The summed E-state index contributed by atoms with van der Waals surface area (Å²) in [6, 6.07) is 0. The summed E-state index contributed by atoms with van der Waals surface area (Å²) < 4.78 is 0. The molecule has 0 aromatic carbocycles. The Hall–Kier alpha value is -0.270. The molecule has 0 heterocycles. The number of amides is 1. The monoisotopic (exact) mass is 203 g/mol. The van der Waals surface area contributed by atoms with Crippen molar-refractivity contribution in [3.8, 4) is 12.3 Å². The maximum Gasteiger partial charge on any atom is 0.220 e. The second-order valence-corrected chi connectivity index (χ2v) is 3.63. The number of hydrogen-bond donors (Lipinski definition) is 2. The van der Waals surface area contributed by atoms with Crippen molar-refractivity contribution in [1.82, 2.24) is 5.32 Å². The van der Waals surface area contributed by atoms with Gasteiger partial charge in [-0.05, 0) is 5.75 Å². The summed E-state index contributed by atoms with van der Waals surface area (Å²) in [6.45, 7) is 0.693. The molecule has 0 atom stereocenters. The van der Waals surface area contributed by atoms with Crippen molar-refractivity contribution in [3.05, 3.63) is 0 Å². The molecule has 0 rings (SSSR count). The Morgan fingerprint density at radius 2 is 2.42 bits per heavy atom. The molecule has 0 aliphatic carbocycles. The van der Waals surface area contributed by atoms with E-state index in [9.17, 15) is 4.79 Å². The Bertz CT molecular complexity index is 165. The molecule has 1 N–H and O–H groups in total. The van der Waals surface area contributed by atoms with E-state index in [-0.39, 0.29) is 5.91 Å². The van der Waals surface area contributed by atoms with Crippen LogP contribution in [-0.4, -0.2) is 29.7 Å². The number of thiol groups is 1. The van der Waals surface area contributed by atoms with Crippen molar-refractivity contribution in [1.29, 1.82) is 0 Å². The Morgan fingerprint density at radius 3 is 3.00 bits per heavy atom. The van der Waals surface area contributed by atoms with Gasteiger partial charge < -0.3 is 5.32 Å². The lowest BCUT2D eigenvalue weighted by atomic mass is 10.4. The van der Waals surface area contributed by atoms with Gasteiger partial charge >= 0.3 is 0 Å². The van der Waals surface area contributed by atoms with E-state index in [4.69, 9.17) is 6.42 Å². The lowest BCUT2D eigenvalue weighted by Crippen LogP contribution is -2.25. The first-order valence-corrected chi connectivity index (χ1v) is 5.48.